The number of allylic oxidation sites excluding steroid dienone is 1. The molecule has 1 aliphatic carbocycles. The zero-order valence-corrected chi connectivity index (χ0v) is 12.7. The second-order valence-corrected chi connectivity index (χ2v) is 6.82. The van der Waals surface area contributed by atoms with Crippen LogP contribution in [0.3, 0.4) is 0 Å². The van der Waals surface area contributed by atoms with Crippen molar-refractivity contribution in [1.29, 1.82) is 0 Å². The minimum absolute atomic E-state index is 0.00719. The van der Waals surface area contributed by atoms with Gasteiger partial charge in [0.15, 0.2) is 11.0 Å². The van der Waals surface area contributed by atoms with Crippen LogP contribution in [0.2, 0.25) is 0 Å². The smallest absolute Gasteiger partial charge is 0.187 e. The molecule has 5 heteroatoms. The molecule has 0 amide bonds. The van der Waals surface area contributed by atoms with Gasteiger partial charge in [0.2, 0.25) is 0 Å². The molecule has 2 aliphatic rings. The lowest BCUT2D eigenvalue weighted by atomic mass is 9.94. The molecule has 1 aliphatic heterocycles. The molecule has 1 aromatic rings. The van der Waals surface area contributed by atoms with Gasteiger partial charge in [-0.15, -0.1) is 5.10 Å². The van der Waals surface area contributed by atoms with Crippen molar-refractivity contribution in [2.75, 3.05) is 0 Å². The average molecular weight is 301 g/mol. The second-order valence-electron chi connectivity index (χ2n) is 5.44. The van der Waals surface area contributed by atoms with E-state index in [0.717, 1.165) is 12.8 Å². The minimum Gasteiger partial charge on any atom is -0.377 e. The molecule has 4 nitrogen and oxygen atoms in total. The van der Waals surface area contributed by atoms with Gasteiger partial charge in [-0.2, -0.15) is 0 Å². The molecular weight excluding hydrogens is 282 g/mol. The van der Waals surface area contributed by atoms with Crippen LogP contribution in [0.1, 0.15) is 42.5 Å². The molecule has 1 saturated carbocycles. The minimum atomic E-state index is -0.0736. The summed E-state index contributed by atoms with van der Waals surface area (Å²) in [4.78, 5) is 12.1. The van der Waals surface area contributed by atoms with Crippen molar-refractivity contribution in [2.45, 2.75) is 37.0 Å². The summed E-state index contributed by atoms with van der Waals surface area (Å²) in [5, 5.41) is 6.87. The van der Waals surface area contributed by atoms with Gasteiger partial charge in [0.25, 0.3) is 0 Å². The molecule has 1 spiro atoms. The molecule has 21 heavy (non-hydrogen) atoms. The molecule has 110 valence electrons. The van der Waals surface area contributed by atoms with Gasteiger partial charge < -0.3 is 5.73 Å². The Hall–Kier alpha value is -1.75. The van der Waals surface area contributed by atoms with E-state index in [1.54, 1.807) is 24.0 Å². The first-order chi connectivity index (χ1) is 10.2. The van der Waals surface area contributed by atoms with Crippen molar-refractivity contribution >= 4 is 22.7 Å². The van der Waals surface area contributed by atoms with Gasteiger partial charge in [0, 0.05) is 17.8 Å². The number of hydrogen-bond donors (Lipinski definition) is 1. The average Bonchev–Trinajstić information content (AvgIpc) is 2.81. The SMILES string of the molecule is NC1=NN(C=CC(=O)c2ccccc2)C2(CCCCC2)S1. The van der Waals surface area contributed by atoms with Gasteiger partial charge in [0.05, 0.1) is 0 Å². The number of hydrazone groups is 1. The summed E-state index contributed by atoms with van der Waals surface area (Å²) in [7, 11) is 0. The molecule has 2 N–H and O–H groups in total. The number of carbonyl (C=O) groups is 1. The predicted octanol–water partition coefficient (Wildman–Crippen LogP) is 3.32. The van der Waals surface area contributed by atoms with Crippen LogP contribution in [-0.4, -0.2) is 20.8 Å². The molecule has 0 bridgehead atoms. The molecule has 3 rings (SSSR count). The maximum Gasteiger partial charge on any atom is 0.187 e. The van der Waals surface area contributed by atoms with Gasteiger partial charge in [0.1, 0.15) is 4.87 Å². The molecule has 1 heterocycles. The van der Waals surface area contributed by atoms with Gasteiger partial charge in [-0.3, -0.25) is 9.80 Å². The van der Waals surface area contributed by atoms with Crippen molar-refractivity contribution in [3.05, 3.63) is 48.2 Å². The highest BCUT2D eigenvalue weighted by Crippen LogP contribution is 2.46. The molecule has 0 radical (unpaired) electrons. The highest BCUT2D eigenvalue weighted by Gasteiger charge is 2.42. The summed E-state index contributed by atoms with van der Waals surface area (Å²) in [6, 6.07) is 9.27. The van der Waals surface area contributed by atoms with E-state index >= 15 is 0 Å². The number of nitrogens with zero attached hydrogens (tertiary/aromatic N) is 2. The largest absolute Gasteiger partial charge is 0.377 e. The third-order valence-electron chi connectivity index (χ3n) is 3.98. The lowest BCUT2D eigenvalue weighted by Gasteiger charge is -2.37. The van der Waals surface area contributed by atoms with Crippen LogP contribution in [0.25, 0.3) is 0 Å². The number of ketones is 1. The Bertz CT molecular complexity index is 576. The van der Waals surface area contributed by atoms with Crippen LogP contribution in [0.4, 0.5) is 0 Å². The Morgan fingerprint density at radius 1 is 1.24 bits per heavy atom. The Morgan fingerprint density at radius 3 is 2.67 bits per heavy atom. The van der Waals surface area contributed by atoms with E-state index in [1.165, 1.54) is 19.3 Å². The molecule has 0 unspecified atom stereocenters. The molecule has 1 aromatic carbocycles. The molecule has 1 fully saturated rings. The van der Waals surface area contributed by atoms with Crippen LogP contribution in [0, 0.1) is 0 Å². The van der Waals surface area contributed by atoms with Gasteiger partial charge >= 0.3 is 0 Å². The Kier molecular flexibility index (Phi) is 4.01. The van der Waals surface area contributed by atoms with E-state index in [1.807, 2.05) is 35.3 Å². The second kappa shape index (κ2) is 5.93. The summed E-state index contributed by atoms with van der Waals surface area (Å²) in [5.41, 5.74) is 6.59. The van der Waals surface area contributed by atoms with E-state index in [4.69, 9.17) is 5.73 Å². The van der Waals surface area contributed by atoms with Crippen LogP contribution in [0.5, 0.6) is 0 Å². The van der Waals surface area contributed by atoms with Crippen molar-refractivity contribution < 1.29 is 4.79 Å². The maximum absolute atomic E-state index is 12.2. The highest BCUT2D eigenvalue weighted by atomic mass is 32.2. The van der Waals surface area contributed by atoms with Crippen LogP contribution >= 0.6 is 11.8 Å². The Morgan fingerprint density at radius 2 is 1.95 bits per heavy atom. The van der Waals surface area contributed by atoms with Crippen molar-refractivity contribution in [2.24, 2.45) is 10.8 Å². The van der Waals surface area contributed by atoms with E-state index in [-0.39, 0.29) is 10.7 Å². The number of thioether (sulfide) groups is 1. The predicted molar refractivity (Wildman–Crippen MR) is 86.8 cm³/mol. The first-order valence-corrected chi connectivity index (χ1v) is 8.11. The summed E-state index contributed by atoms with van der Waals surface area (Å²) < 4.78 is 0. The van der Waals surface area contributed by atoms with Crippen LogP contribution in [-0.2, 0) is 0 Å². The number of amidine groups is 1. The summed E-state index contributed by atoms with van der Waals surface area (Å²) in [6.45, 7) is 0. The zero-order chi connectivity index (χ0) is 14.7. The third-order valence-corrected chi connectivity index (χ3v) is 5.24. The zero-order valence-electron chi connectivity index (χ0n) is 11.9. The Balaban J connectivity index is 1.76. The fourth-order valence-electron chi connectivity index (χ4n) is 2.90. The molecule has 0 aromatic heterocycles. The lowest BCUT2D eigenvalue weighted by Crippen LogP contribution is -2.38. The van der Waals surface area contributed by atoms with Gasteiger partial charge in [-0.25, -0.2) is 0 Å². The molecule has 0 atom stereocenters. The molecular formula is C16H19N3OS. The fourth-order valence-corrected chi connectivity index (χ4v) is 4.11. The van der Waals surface area contributed by atoms with Crippen LogP contribution < -0.4 is 5.73 Å². The third kappa shape index (κ3) is 2.97. The normalized spacial score (nSPS) is 21.0. The van der Waals surface area contributed by atoms with E-state index in [2.05, 4.69) is 5.10 Å². The standard InChI is InChI=1S/C16H19N3OS/c17-15-18-19(16(21-15)10-5-2-6-11-16)12-9-14(20)13-7-3-1-4-8-13/h1,3-4,7-9,12H,2,5-6,10-11H2,(H2,17,18). The number of benzene rings is 1. The van der Waals surface area contributed by atoms with Crippen molar-refractivity contribution in [3.8, 4) is 0 Å². The summed E-state index contributed by atoms with van der Waals surface area (Å²) >= 11 is 1.64. The van der Waals surface area contributed by atoms with Crippen molar-refractivity contribution in [3.63, 3.8) is 0 Å². The summed E-state index contributed by atoms with van der Waals surface area (Å²) in [5.74, 6) is -0.00719. The number of hydrogen-bond acceptors (Lipinski definition) is 5. The first kappa shape index (κ1) is 14.2. The number of carbonyl (C=O) groups excluding carboxylic acids is 1. The highest BCUT2D eigenvalue weighted by molar-refractivity contribution is 8.15. The summed E-state index contributed by atoms with van der Waals surface area (Å²) in [6.07, 6.45) is 9.14. The van der Waals surface area contributed by atoms with Crippen molar-refractivity contribution in [1.82, 2.24) is 5.01 Å². The number of rotatable bonds is 3. The number of nitrogens with two attached hydrogens (primary N) is 1. The lowest BCUT2D eigenvalue weighted by molar-refractivity contribution is 0.104. The van der Waals surface area contributed by atoms with E-state index in [9.17, 15) is 4.79 Å². The molecule has 0 saturated heterocycles. The monoisotopic (exact) mass is 301 g/mol. The van der Waals surface area contributed by atoms with Crippen LogP contribution in [0.15, 0.2) is 47.7 Å². The van der Waals surface area contributed by atoms with E-state index < -0.39 is 0 Å². The van der Waals surface area contributed by atoms with E-state index in [0.29, 0.717) is 10.7 Å². The topological polar surface area (TPSA) is 58.7 Å². The first-order valence-electron chi connectivity index (χ1n) is 7.30. The quantitative estimate of drug-likeness (QED) is 0.687. The van der Waals surface area contributed by atoms with Gasteiger partial charge in [-0.1, -0.05) is 61.4 Å². The Labute approximate surface area is 129 Å². The maximum atomic E-state index is 12.2. The fraction of sp³-hybridized carbons (Fsp3) is 0.375. The van der Waals surface area contributed by atoms with Gasteiger partial charge in [-0.05, 0) is 12.8 Å².